The van der Waals surface area contributed by atoms with Gasteiger partial charge in [0.15, 0.2) is 0 Å². The average Bonchev–Trinajstić information content (AvgIpc) is 2.88. The number of piperidine rings is 2. The van der Waals surface area contributed by atoms with E-state index in [2.05, 4.69) is 15.6 Å². The molecule has 0 bridgehead atoms. The van der Waals surface area contributed by atoms with E-state index in [9.17, 15) is 24.0 Å². The number of unbranched alkanes of at least 4 members (excludes halogenated alkanes) is 1. The zero-order valence-electron chi connectivity index (χ0n) is 23.7. The molecule has 3 heterocycles. The van der Waals surface area contributed by atoms with Crippen LogP contribution in [0.15, 0.2) is 23.0 Å². The Bertz CT molecular complexity index is 1350. The highest BCUT2D eigenvalue weighted by atomic mass is 16.6. The first-order valence-corrected chi connectivity index (χ1v) is 14.1. The zero-order valence-corrected chi connectivity index (χ0v) is 23.7. The predicted molar refractivity (Wildman–Crippen MR) is 150 cm³/mol. The van der Waals surface area contributed by atoms with E-state index in [1.807, 2.05) is 20.8 Å². The van der Waals surface area contributed by atoms with Crippen LogP contribution in [-0.2, 0) is 19.1 Å². The van der Waals surface area contributed by atoms with Crippen LogP contribution < -0.4 is 16.2 Å². The van der Waals surface area contributed by atoms with Gasteiger partial charge < -0.3 is 15.0 Å². The monoisotopic (exact) mass is 553 g/mol. The number of benzene rings is 1. The van der Waals surface area contributed by atoms with Crippen LogP contribution in [0.1, 0.15) is 84.0 Å². The summed E-state index contributed by atoms with van der Waals surface area (Å²) in [6.45, 7) is 8.63. The van der Waals surface area contributed by atoms with Crippen LogP contribution in [0.2, 0.25) is 0 Å². The third-order valence-corrected chi connectivity index (χ3v) is 7.44. The van der Waals surface area contributed by atoms with E-state index in [1.165, 1.54) is 4.57 Å². The second-order valence-electron chi connectivity index (χ2n) is 11.7. The number of hydrogen-bond donors (Lipinski definition) is 2. The molecule has 216 valence electrons. The van der Waals surface area contributed by atoms with Crippen molar-refractivity contribution >= 4 is 40.4 Å². The van der Waals surface area contributed by atoms with Crippen molar-refractivity contribution in [2.45, 2.75) is 90.7 Å². The first-order chi connectivity index (χ1) is 18.9. The fourth-order valence-electron chi connectivity index (χ4n) is 5.39. The zero-order chi connectivity index (χ0) is 29.0. The van der Waals surface area contributed by atoms with Crippen molar-refractivity contribution in [2.75, 3.05) is 18.4 Å². The number of hydrogen-bond acceptors (Lipinski definition) is 7. The number of likely N-dealkylation sites (tertiary alicyclic amines) is 1. The molecule has 2 saturated heterocycles. The number of anilines is 1. The van der Waals surface area contributed by atoms with Crippen LogP contribution in [0.3, 0.4) is 0 Å². The topological polar surface area (TPSA) is 140 Å². The first-order valence-electron chi connectivity index (χ1n) is 14.1. The van der Waals surface area contributed by atoms with E-state index in [1.54, 1.807) is 30.0 Å². The van der Waals surface area contributed by atoms with Gasteiger partial charge >= 0.3 is 6.09 Å². The maximum absolute atomic E-state index is 13.3. The molecule has 2 aliphatic heterocycles. The molecule has 2 fully saturated rings. The molecule has 11 nitrogen and oxygen atoms in total. The van der Waals surface area contributed by atoms with Crippen LogP contribution in [0.5, 0.6) is 0 Å². The van der Waals surface area contributed by atoms with Gasteiger partial charge in [0.05, 0.1) is 11.1 Å². The molecule has 0 spiro atoms. The number of amides is 4. The lowest BCUT2D eigenvalue weighted by Crippen LogP contribution is -2.45. The number of imide groups is 1. The Morgan fingerprint density at radius 2 is 1.82 bits per heavy atom. The van der Waals surface area contributed by atoms with Crippen LogP contribution >= 0.6 is 0 Å². The Labute approximate surface area is 233 Å². The minimum atomic E-state index is -0.801. The minimum Gasteiger partial charge on any atom is -0.444 e. The van der Waals surface area contributed by atoms with Crippen molar-refractivity contribution in [1.29, 1.82) is 0 Å². The number of nitrogens with one attached hydrogen (secondary N) is 2. The number of nitrogens with zero attached hydrogens (tertiary/aromatic N) is 3. The molecular formula is C29H39N5O6. The summed E-state index contributed by atoms with van der Waals surface area (Å²) in [7, 11) is 0. The van der Waals surface area contributed by atoms with E-state index in [4.69, 9.17) is 4.74 Å². The highest BCUT2D eigenvalue weighted by molar-refractivity contribution is 6.01. The Hall–Kier alpha value is -3.76. The molecular weight excluding hydrogens is 514 g/mol. The summed E-state index contributed by atoms with van der Waals surface area (Å²) < 4.78 is 6.79. The van der Waals surface area contributed by atoms with Crippen LogP contribution in [0.25, 0.3) is 10.9 Å². The number of aryl methyl sites for hydroxylation is 1. The van der Waals surface area contributed by atoms with E-state index in [0.717, 1.165) is 32.1 Å². The van der Waals surface area contributed by atoms with Gasteiger partial charge in [-0.2, -0.15) is 0 Å². The van der Waals surface area contributed by atoms with Crippen molar-refractivity contribution in [1.82, 2.24) is 19.8 Å². The molecule has 0 radical (unpaired) electrons. The first kappa shape index (κ1) is 29.2. The molecule has 0 saturated carbocycles. The maximum Gasteiger partial charge on any atom is 0.410 e. The Kier molecular flexibility index (Phi) is 8.90. The number of ether oxygens (including phenoxy) is 1. The third kappa shape index (κ3) is 7.05. The molecule has 4 amide bonds. The Balaban J connectivity index is 1.29. The maximum atomic E-state index is 13.3. The minimum absolute atomic E-state index is 0.152. The molecule has 1 unspecified atom stereocenters. The lowest BCUT2D eigenvalue weighted by molar-refractivity contribution is -0.135. The molecule has 1 aromatic carbocycles. The lowest BCUT2D eigenvalue weighted by atomic mass is 9.91. The van der Waals surface area contributed by atoms with Crippen LogP contribution in [0, 0.1) is 12.8 Å². The molecule has 1 aromatic heterocycles. The normalized spacial score (nSPS) is 18.5. The molecule has 0 aliphatic carbocycles. The highest BCUT2D eigenvalue weighted by Gasteiger charge is 2.31. The highest BCUT2D eigenvalue weighted by Crippen LogP contribution is 2.26. The number of fused-ring (bicyclic) bond motifs is 1. The number of aromatic nitrogens is 2. The number of para-hydroxylation sites is 1. The number of carbonyl (C=O) groups is 4. The van der Waals surface area contributed by atoms with Gasteiger partial charge in [0, 0.05) is 25.9 Å². The molecule has 2 aromatic rings. The molecule has 2 aliphatic rings. The van der Waals surface area contributed by atoms with Gasteiger partial charge in [-0.1, -0.05) is 18.9 Å². The standard InChI is InChI=1S/C29H39N5O6/c1-18-30-25-20(27(38)34(18)22-12-13-24(36)32-26(22)37)9-7-10-21(25)31-23(35)11-6-5-8-19-14-16-33(17-15-19)28(39)40-29(2,3)4/h7,9-10,19,22H,5-6,8,11-17H2,1-4H3,(H,31,35)(H,32,36,37). The summed E-state index contributed by atoms with van der Waals surface area (Å²) >= 11 is 0. The van der Waals surface area contributed by atoms with Gasteiger partial charge in [0.2, 0.25) is 17.7 Å². The molecule has 11 heteroatoms. The summed E-state index contributed by atoms with van der Waals surface area (Å²) in [5.74, 6) is -0.152. The SMILES string of the molecule is Cc1nc2c(NC(=O)CCCCC3CCN(C(=O)OC(C)(C)C)CC3)cccc2c(=O)n1C1CCC(=O)NC1=O. The van der Waals surface area contributed by atoms with Crippen LogP contribution in [-0.4, -0.2) is 57.0 Å². The fraction of sp³-hybridized carbons (Fsp3) is 0.586. The van der Waals surface area contributed by atoms with Gasteiger partial charge in [-0.3, -0.25) is 29.1 Å². The van der Waals surface area contributed by atoms with Crippen molar-refractivity contribution in [3.63, 3.8) is 0 Å². The quantitative estimate of drug-likeness (QED) is 0.392. The predicted octanol–water partition coefficient (Wildman–Crippen LogP) is 3.83. The van der Waals surface area contributed by atoms with Crippen LogP contribution in [0.4, 0.5) is 10.5 Å². The number of rotatable bonds is 7. The van der Waals surface area contributed by atoms with E-state index in [0.29, 0.717) is 47.8 Å². The van der Waals surface area contributed by atoms with E-state index < -0.39 is 17.6 Å². The largest absolute Gasteiger partial charge is 0.444 e. The average molecular weight is 554 g/mol. The summed E-state index contributed by atoms with van der Waals surface area (Å²) in [5.41, 5.74) is -0.0539. The molecule has 1 atom stereocenters. The van der Waals surface area contributed by atoms with Crippen molar-refractivity contribution in [2.24, 2.45) is 5.92 Å². The fourth-order valence-corrected chi connectivity index (χ4v) is 5.39. The molecule has 4 rings (SSSR count). The summed E-state index contributed by atoms with van der Waals surface area (Å²) in [6, 6.07) is 4.20. The van der Waals surface area contributed by atoms with E-state index >= 15 is 0 Å². The summed E-state index contributed by atoms with van der Waals surface area (Å²) in [4.78, 5) is 68.5. The Morgan fingerprint density at radius 1 is 1.10 bits per heavy atom. The smallest absolute Gasteiger partial charge is 0.410 e. The van der Waals surface area contributed by atoms with Crippen molar-refractivity contribution < 1.29 is 23.9 Å². The van der Waals surface area contributed by atoms with Crippen molar-refractivity contribution in [3.05, 3.63) is 34.4 Å². The summed E-state index contributed by atoms with van der Waals surface area (Å²) in [6.07, 6.45) is 5.00. The lowest BCUT2D eigenvalue weighted by Gasteiger charge is -2.33. The van der Waals surface area contributed by atoms with Gasteiger partial charge in [-0.25, -0.2) is 9.78 Å². The van der Waals surface area contributed by atoms with Gasteiger partial charge in [0.1, 0.15) is 23.0 Å². The third-order valence-electron chi connectivity index (χ3n) is 7.44. The molecule has 40 heavy (non-hydrogen) atoms. The number of carbonyl (C=O) groups excluding carboxylic acids is 4. The Morgan fingerprint density at radius 3 is 2.50 bits per heavy atom. The molecule has 2 N–H and O–H groups in total. The van der Waals surface area contributed by atoms with Gasteiger partial charge in [0.25, 0.3) is 5.56 Å². The van der Waals surface area contributed by atoms with E-state index in [-0.39, 0.29) is 36.3 Å². The van der Waals surface area contributed by atoms with Gasteiger partial charge in [-0.05, 0) is 71.4 Å². The van der Waals surface area contributed by atoms with Gasteiger partial charge in [-0.15, -0.1) is 0 Å². The van der Waals surface area contributed by atoms with Crippen molar-refractivity contribution in [3.8, 4) is 0 Å². The second-order valence-corrected chi connectivity index (χ2v) is 11.7. The second kappa shape index (κ2) is 12.2. The summed E-state index contributed by atoms with van der Waals surface area (Å²) in [5, 5.41) is 5.48.